The predicted octanol–water partition coefficient (Wildman–Crippen LogP) is 2.35. The van der Waals surface area contributed by atoms with E-state index in [1.165, 1.54) is 0 Å². The van der Waals surface area contributed by atoms with Crippen LogP contribution in [-0.2, 0) is 4.79 Å². The second-order valence-electron chi connectivity index (χ2n) is 4.64. The highest BCUT2D eigenvalue weighted by Crippen LogP contribution is 2.27. The van der Waals surface area contributed by atoms with E-state index in [-0.39, 0.29) is 5.91 Å². The Balaban J connectivity index is 1.98. The SMILES string of the molecule is Cc1c(Cl)cccc1NNC(=O)C1(O)CCSCC1. The molecule has 0 aliphatic carbocycles. The van der Waals surface area contributed by atoms with E-state index in [0.717, 1.165) is 22.8 Å². The Morgan fingerprint density at radius 1 is 1.42 bits per heavy atom. The van der Waals surface area contributed by atoms with Crippen LogP contribution in [0.1, 0.15) is 18.4 Å². The molecule has 1 amide bonds. The van der Waals surface area contributed by atoms with Crippen LogP contribution in [0.5, 0.6) is 0 Å². The summed E-state index contributed by atoms with van der Waals surface area (Å²) in [4.78, 5) is 12.0. The number of hydrazine groups is 1. The van der Waals surface area contributed by atoms with Gasteiger partial charge in [-0.25, -0.2) is 0 Å². The molecule has 0 radical (unpaired) electrons. The molecule has 1 saturated heterocycles. The molecule has 0 aromatic heterocycles. The maximum Gasteiger partial charge on any atom is 0.270 e. The summed E-state index contributed by atoms with van der Waals surface area (Å²) in [6.07, 6.45) is 0.972. The van der Waals surface area contributed by atoms with Gasteiger partial charge in [-0.15, -0.1) is 0 Å². The molecular weight excluding hydrogens is 284 g/mol. The normalized spacial score (nSPS) is 17.8. The molecule has 19 heavy (non-hydrogen) atoms. The first kappa shape index (κ1) is 14.5. The lowest BCUT2D eigenvalue weighted by Gasteiger charge is -2.30. The minimum absolute atomic E-state index is 0.382. The van der Waals surface area contributed by atoms with E-state index in [2.05, 4.69) is 10.9 Å². The first-order valence-corrected chi connectivity index (χ1v) is 7.68. The molecule has 1 aromatic carbocycles. The molecule has 0 bridgehead atoms. The van der Waals surface area contributed by atoms with Crippen molar-refractivity contribution in [3.63, 3.8) is 0 Å². The van der Waals surface area contributed by atoms with Gasteiger partial charge < -0.3 is 5.11 Å². The van der Waals surface area contributed by atoms with E-state index in [9.17, 15) is 9.90 Å². The molecule has 1 aliphatic heterocycles. The molecule has 1 fully saturated rings. The Bertz CT molecular complexity index is 476. The molecule has 1 aromatic rings. The molecule has 6 heteroatoms. The summed E-state index contributed by atoms with van der Waals surface area (Å²) in [5, 5.41) is 10.9. The van der Waals surface area contributed by atoms with E-state index in [1.807, 2.05) is 13.0 Å². The first-order valence-electron chi connectivity index (χ1n) is 6.15. The molecule has 0 atom stereocenters. The van der Waals surface area contributed by atoms with Gasteiger partial charge in [-0.2, -0.15) is 11.8 Å². The van der Waals surface area contributed by atoms with Crippen molar-refractivity contribution in [2.24, 2.45) is 0 Å². The van der Waals surface area contributed by atoms with Gasteiger partial charge in [0.25, 0.3) is 5.91 Å². The van der Waals surface area contributed by atoms with Crippen molar-refractivity contribution in [1.29, 1.82) is 0 Å². The summed E-state index contributed by atoms with van der Waals surface area (Å²) in [6.45, 7) is 1.86. The lowest BCUT2D eigenvalue weighted by Crippen LogP contribution is -2.50. The van der Waals surface area contributed by atoms with Crippen LogP contribution in [0, 0.1) is 6.92 Å². The summed E-state index contributed by atoms with van der Waals surface area (Å²) in [6, 6.07) is 5.41. The summed E-state index contributed by atoms with van der Waals surface area (Å²) >= 11 is 7.76. The van der Waals surface area contributed by atoms with Gasteiger partial charge in [0, 0.05) is 5.02 Å². The number of rotatable bonds is 3. The quantitative estimate of drug-likeness (QED) is 0.750. The second kappa shape index (κ2) is 6.03. The fourth-order valence-electron chi connectivity index (χ4n) is 1.92. The van der Waals surface area contributed by atoms with E-state index >= 15 is 0 Å². The van der Waals surface area contributed by atoms with Crippen molar-refractivity contribution in [1.82, 2.24) is 5.43 Å². The molecule has 4 nitrogen and oxygen atoms in total. The van der Waals surface area contributed by atoms with Crippen LogP contribution >= 0.6 is 23.4 Å². The molecular formula is C13H17ClN2O2S. The summed E-state index contributed by atoms with van der Waals surface area (Å²) in [5.74, 6) is 1.23. The van der Waals surface area contributed by atoms with E-state index in [1.54, 1.807) is 23.9 Å². The average Bonchev–Trinajstić information content (AvgIpc) is 2.41. The highest BCUT2D eigenvalue weighted by molar-refractivity contribution is 7.99. The zero-order valence-corrected chi connectivity index (χ0v) is 12.3. The monoisotopic (exact) mass is 300 g/mol. The number of benzene rings is 1. The van der Waals surface area contributed by atoms with Crippen molar-refractivity contribution in [2.45, 2.75) is 25.4 Å². The fraction of sp³-hybridized carbons (Fsp3) is 0.462. The van der Waals surface area contributed by atoms with Crippen LogP contribution < -0.4 is 10.9 Å². The number of thioether (sulfide) groups is 1. The van der Waals surface area contributed by atoms with Gasteiger partial charge in [0.05, 0.1) is 5.69 Å². The lowest BCUT2D eigenvalue weighted by atomic mass is 9.96. The van der Waals surface area contributed by atoms with Crippen LogP contribution in [0.2, 0.25) is 5.02 Å². The Hall–Kier alpha value is -0.910. The van der Waals surface area contributed by atoms with Crippen LogP contribution in [0.15, 0.2) is 18.2 Å². The minimum atomic E-state index is -1.26. The van der Waals surface area contributed by atoms with E-state index in [0.29, 0.717) is 17.9 Å². The lowest BCUT2D eigenvalue weighted by molar-refractivity contribution is -0.139. The van der Waals surface area contributed by atoms with Crippen molar-refractivity contribution in [3.05, 3.63) is 28.8 Å². The third-order valence-corrected chi connectivity index (χ3v) is 4.72. The van der Waals surface area contributed by atoms with Crippen LogP contribution in [-0.4, -0.2) is 28.1 Å². The van der Waals surface area contributed by atoms with Crippen molar-refractivity contribution >= 4 is 35.0 Å². The van der Waals surface area contributed by atoms with Gasteiger partial charge in [-0.1, -0.05) is 17.7 Å². The third-order valence-electron chi connectivity index (χ3n) is 3.32. The van der Waals surface area contributed by atoms with Crippen molar-refractivity contribution in [3.8, 4) is 0 Å². The smallest absolute Gasteiger partial charge is 0.270 e. The number of nitrogens with one attached hydrogen (secondary N) is 2. The number of hydrogen-bond donors (Lipinski definition) is 3. The van der Waals surface area contributed by atoms with E-state index < -0.39 is 5.60 Å². The van der Waals surface area contributed by atoms with Crippen LogP contribution in [0.3, 0.4) is 0 Å². The topological polar surface area (TPSA) is 61.4 Å². The van der Waals surface area contributed by atoms with Gasteiger partial charge in [0.1, 0.15) is 5.60 Å². The number of halogens is 1. The van der Waals surface area contributed by atoms with Crippen LogP contribution in [0.25, 0.3) is 0 Å². The summed E-state index contributed by atoms with van der Waals surface area (Å²) < 4.78 is 0. The number of aliphatic hydroxyl groups is 1. The number of amides is 1. The second-order valence-corrected chi connectivity index (χ2v) is 6.27. The van der Waals surface area contributed by atoms with Crippen molar-refractivity contribution in [2.75, 3.05) is 16.9 Å². The summed E-state index contributed by atoms with van der Waals surface area (Å²) in [5.41, 5.74) is 5.72. The Morgan fingerprint density at radius 2 is 2.11 bits per heavy atom. The maximum atomic E-state index is 12.0. The Morgan fingerprint density at radius 3 is 2.79 bits per heavy atom. The van der Waals surface area contributed by atoms with Gasteiger partial charge in [-0.3, -0.25) is 15.6 Å². The highest BCUT2D eigenvalue weighted by Gasteiger charge is 2.37. The average molecular weight is 301 g/mol. The minimum Gasteiger partial charge on any atom is -0.380 e. The highest BCUT2D eigenvalue weighted by atomic mass is 35.5. The standard InChI is InChI=1S/C13H17ClN2O2S/c1-9-10(14)3-2-4-11(9)15-16-12(17)13(18)5-7-19-8-6-13/h2-4,15,18H,5-8H2,1H3,(H,16,17). The zero-order chi connectivity index (χ0) is 13.9. The first-order chi connectivity index (χ1) is 9.03. The maximum absolute atomic E-state index is 12.0. The van der Waals surface area contributed by atoms with Gasteiger partial charge >= 0.3 is 0 Å². The predicted molar refractivity (Wildman–Crippen MR) is 79.5 cm³/mol. The third kappa shape index (κ3) is 3.35. The molecule has 0 unspecified atom stereocenters. The molecule has 1 heterocycles. The summed E-state index contributed by atoms with van der Waals surface area (Å²) in [7, 11) is 0. The number of carbonyl (C=O) groups excluding carboxylic acids is 1. The molecule has 104 valence electrons. The molecule has 3 N–H and O–H groups in total. The largest absolute Gasteiger partial charge is 0.380 e. The van der Waals surface area contributed by atoms with Gasteiger partial charge in [-0.05, 0) is 49.0 Å². The van der Waals surface area contributed by atoms with Crippen molar-refractivity contribution < 1.29 is 9.90 Å². The molecule has 0 saturated carbocycles. The van der Waals surface area contributed by atoms with E-state index in [4.69, 9.17) is 11.6 Å². The van der Waals surface area contributed by atoms with Gasteiger partial charge in [0.15, 0.2) is 0 Å². The Labute approximate surface area is 121 Å². The number of hydrogen-bond acceptors (Lipinski definition) is 4. The van der Waals surface area contributed by atoms with Gasteiger partial charge in [0.2, 0.25) is 0 Å². The number of anilines is 1. The number of carbonyl (C=O) groups is 1. The molecule has 1 aliphatic rings. The zero-order valence-electron chi connectivity index (χ0n) is 10.7. The molecule has 2 rings (SSSR count). The Kier molecular flexibility index (Phi) is 4.60. The van der Waals surface area contributed by atoms with Crippen LogP contribution in [0.4, 0.5) is 5.69 Å². The fourth-order valence-corrected chi connectivity index (χ4v) is 3.26. The molecule has 0 spiro atoms.